The summed E-state index contributed by atoms with van der Waals surface area (Å²) in [5.74, 6) is 0. The fourth-order valence-electron chi connectivity index (χ4n) is 5.19. The summed E-state index contributed by atoms with van der Waals surface area (Å²) in [7, 11) is 0. The van der Waals surface area contributed by atoms with Crippen molar-refractivity contribution in [3.63, 3.8) is 0 Å². The third kappa shape index (κ3) is 3.09. The minimum absolute atomic E-state index is 0.243. The smallest absolute Gasteiger partial charge is 0.0215 e. The summed E-state index contributed by atoms with van der Waals surface area (Å²) in [6.07, 6.45) is 6.91. The predicted molar refractivity (Wildman–Crippen MR) is 125 cm³/mol. The largest absolute Gasteiger partial charge is 0.217 e. The number of fused-ring (bicyclic) bond motifs is 1. The third-order valence-electron chi connectivity index (χ3n) is 6.08. The van der Waals surface area contributed by atoms with E-state index < -0.39 is 0 Å². The van der Waals surface area contributed by atoms with Crippen LogP contribution in [-0.2, 0) is 0 Å². The van der Waals surface area contributed by atoms with Crippen molar-refractivity contribution in [2.24, 2.45) is 0 Å². The van der Waals surface area contributed by atoms with Gasteiger partial charge in [-0.1, -0.05) is 106 Å². The number of hydrogen-bond donors (Lipinski definition) is 0. The average Bonchev–Trinajstić information content (AvgIpc) is 3.07. The van der Waals surface area contributed by atoms with Gasteiger partial charge < -0.3 is 0 Å². The van der Waals surface area contributed by atoms with Crippen LogP contribution in [0.2, 0.25) is 0 Å². The lowest BCUT2D eigenvalue weighted by Gasteiger charge is -2.30. The SMILES string of the molecule is Cc1cc(C)c([B-](c2c(C)cc(C)cc2C)=c2cccc3c2=CC=C3)c(C)c1. The van der Waals surface area contributed by atoms with Gasteiger partial charge in [-0.15, -0.1) is 0 Å². The topological polar surface area (TPSA) is 0 Å². The molecule has 28 heavy (non-hydrogen) atoms. The maximum absolute atomic E-state index is 2.33. The van der Waals surface area contributed by atoms with Gasteiger partial charge in [-0.2, -0.15) is 0 Å². The van der Waals surface area contributed by atoms with Crippen LogP contribution in [0.4, 0.5) is 0 Å². The molecular formula is C27H28B-. The molecule has 1 heteroatoms. The van der Waals surface area contributed by atoms with Crippen LogP contribution in [-0.4, -0.2) is 6.35 Å². The van der Waals surface area contributed by atoms with E-state index in [1.54, 1.807) is 0 Å². The highest BCUT2D eigenvalue weighted by atomic mass is 14.1. The molecule has 3 aromatic rings. The van der Waals surface area contributed by atoms with E-state index in [9.17, 15) is 0 Å². The van der Waals surface area contributed by atoms with Gasteiger partial charge in [0, 0.05) is 0 Å². The Kier molecular flexibility index (Phi) is 4.71. The predicted octanol–water partition coefficient (Wildman–Crippen LogP) is 4.49. The molecule has 0 aliphatic heterocycles. The number of benzene rings is 3. The molecule has 0 atom stereocenters. The number of hydrogen-bond acceptors (Lipinski definition) is 0. The van der Waals surface area contributed by atoms with E-state index in [1.165, 1.54) is 60.2 Å². The van der Waals surface area contributed by atoms with Gasteiger partial charge >= 0.3 is 0 Å². The van der Waals surface area contributed by atoms with E-state index in [-0.39, 0.29) is 6.35 Å². The number of aryl methyl sites for hydroxylation is 6. The molecule has 0 saturated carbocycles. The Bertz CT molecular complexity index is 1150. The van der Waals surface area contributed by atoms with Crippen molar-refractivity contribution in [2.75, 3.05) is 0 Å². The maximum atomic E-state index is 2.33. The van der Waals surface area contributed by atoms with E-state index in [4.69, 9.17) is 0 Å². The Balaban J connectivity index is 2.25. The Morgan fingerprint density at radius 1 is 0.643 bits per heavy atom. The summed E-state index contributed by atoms with van der Waals surface area (Å²) in [6.45, 7) is 13.5. The van der Waals surface area contributed by atoms with Crippen molar-refractivity contribution in [1.29, 1.82) is 0 Å². The van der Waals surface area contributed by atoms with Crippen LogP contribution in [0.1, 0.15) is 38.9 Å². The molecule has 3 aromatic carbocycles. The minimum atomic E-state index is 0.243. The zero-order chi connectivity index (χ0) is 20.0. The molecule has 0 N–H and O–H groups in total. The molecule has 140 valence electrons. The molecular weight excluding hydrogens is 335 g/mol. The monoisotopic (exact) mass is 363 g/mol. The summed E-state index contributed by atoms with van der Waals surface area (Å²) >= 11 is 0. The molecule has 0 bridgehead atoms. The van der Waals surface area contributed by atoms with Gasteiger partial charge in [0.2, 0.25) is 0 Å². The Labute approximate surface area is 169 Å². The standard InChI is InChI=1S/C27H28B/c1-17-13-19(3)26(20(4)14-17)28(27-21(5)15-18(2)16-22(27)6)25-12-8-10-23-9-7-11-24(23)25/h7-16H,1-6H3/q-1. The van der Waals surface area contributed by atoms with E-state index >= 15 is 0 Å². The second kappa shape index (κ2) is 7.06. The normalized spacial score (nSPS) is 12.1. The Hall–Kier alpha value is -2.67. The van der Waals surface area contributed by atoms with Crippen LogP contribution in [0.5, 0.6) is 0 Å². The second-order valence-electron chi connectivity index (χ2n) is 8.43. The average molecular weight is 363 g/mol. The van der Waals surface area contributed by atoms with E-state index in [1.807, 2.05) is 0 Å². The Morgan fingerprint density at radius 3 is 1.64 bits per heavy atom. The zero-order valence-electron chi connectivity index (χ0n) is 17.9. The second-order valence-corrected chi connectivity index (χ2v) is 8.43. The molecule has 0 amide bonds. The first-order chi connectivity index (χ1) is 13.4. The lowest BCUT2D eigenvalue weighted by Crippen LogP contribution is -2.43. The Morgan fingerprint density at radius 2 is 1.14 bits per heavy atom. The van der Waals surface area contributed by atoms with Gasteiger partial charge in [-0.25, -0.2) is 16.0 Å². The fourth-order valence-corrected chi connectivity index (χ4v) is 5.19. The van der Waals surface area contributed by atoms with Crippen LogP contribution in [0, 0.1) is 46.7 Å². The van der Waals surface area contributed by atoms with E-state index in [0.29, 0.717) is 0 Å². The molecule has 0 saturated heterocycles. The molecule has 0 aromatic heterocycles. The van der Waals surface area contributed by atoms with Crippen molar-refractivity contribution in [3.05, 3.63) is 97.8 Å². The van der Waals surface area contributed by atoms with Crippen molar-refractivity contribution >= 4 is 29.4 Å². The summed E-state index contributed by atoms with van der Waals surface area (Å²) in [5.41, 5.74) is 12.4. The van der Waals surface area contributed by atoms with Crippen molar-refractivity contribution in [3.8, 4) is 0 Å². The molecule has 0 spiro atoms. The molecule has 4 rings (SSSR count). The maximum Gasteiger partial charge on any atom is -0.0215 e. The number of rotatable bonds is 2. The summed E-state index contributed by atoms with van der Waals surface area (Å²) in [5, 5.41) is 2.78. The zero-order valence-corrected chi connectivity index (χ0v) is 17.9. The first-order valence-electron chi connectivity index (χ1n) is 10.2. The molecule has 0 unspecified atom stereocenters. The van der Waals surface area contributed by atoms with Gasteiger partial charge in [-0.3, -0.25) is 0 Å². The summed E-state index contributed by atoms with van der Waals surface area (Å²) < 4.78 is 0. The molecule has 0 radical (unpaired) electrons. The lowest BCUT2D eigenvalue weighted by atomic mass is 9.46. The van der Waals surface area contributed by atoms with Crippen LogP contribution < -0.4 is 16.1 Å². The quantitative estimate of drug-likeness (QED) is 0.589. The highest BCUT2D eigenvalue weighted by molar-refractivity contribution is 6.79. The van der Waals surface area contributed by atoms with Gasteiger partial charge in [0.05, 0.1) is 0 Å². The van der Waals surface area contributed by atoms with Crippen molar-refractivity contribution < 1.29 is 0 Å². The fraction of sp³-hybridized carbons (Fsp3) is 0.222. The minimum Gasteiger partial charge on any atom is -0.217 e. The van der Waals surface area contributed by atoms with Gasteiger partial charge in [-0.05, 0) is 47.1 Å². The summed E-state index contributed by atoms with van der Waals surface area (Å²) in [4.78, 5) is 0. The highest BCUT2D eigenvalue weighted by Crippen LogP contribution is 2.12. The van der Waals surface area contributed by atoms with Crippen molar-refractivity contribution in [1.82, 2.24) is 0 Å². The van der Waals surface area contributed by atoms with Crippen molar-refractivity contribution in [2.45, 2.75) is 41.5 Å². The lowest BCUT2D eigenvalue weighted by molar-refractivity contribution is 1.34. The van der Waals surface area contributed by atoms with Gasteiger partial charge in [0.25, 0.3) is 0 Å². The van der Waals surface area contributed by atoms with Gasteiger partial charge in [0.15, 0.2) is 0 Å². The van der Waals surface area contributed by atoms with Crippen LogP contribution in [0.25, 0.3) is 12.2 Å². The molecule has 0 heterocycles. The van der Waals surface area contributed by atoms with Gasteiger partial charge in [0.1, 0.15) is 0 Å². The molecule has 1 aliphatic carbocycles. The number of allylic oxidation sites excluding steroid dienone is 1. The molecule has 0 nitrogen and oxygen atoms in total. The highest BCUT2D eigenvalue weighted by Gasteiger charge is 2.09. The first-order valence-corrected chi connectivity index (χ1v) is 10.2. The van der Waals surface area contributed by atoms with E-state index in [2.05, 4.69) is 102 Å². The van der Waals surface area contributed by atoms with E-state index in [0.717, 1.165) is 0 Å². The third-order valence-corrected chi connectivity index (χ3v) is 6.08. The van der Waals surface area contributed by atoms with Crippen LogP contribution in [0.15, 0.2) is 48.5 Å². The van der Waals surface area contributed by atoms with Crippen LogP contribution in [0.3, 0.4) is 0 Å². The first kappa shape index (κ1) is 18.7. The molecule has 1 aliphatic rings. The molecule has 0 fully saturated rings. The van der Waals surface area contributed by atoms with Crippen LogP contribution >= 0.6 is 0 Å². The summed E-state index contributed by atoms with van der Waals surface area (Å²) in [6, 6.07) is 16.1.